The third-order valence-electron chi connectivity index (χ3n) is 4.13. The number of furan rings is 1. The van der Waals surface area contributed by atoms with Crippen LogP contribution in [0.15, 0.2) is 59.0 Å². The molecule has 0 N–H and O–H groups in total. The maximum Gasteiger partial charge on any atom is 0.259 e. The molecular formula is C22H21NO5. The lowest BCUT2D eigenvalue weighted by atomic mass is 10.1. The van der Waals surface area contributed by atoms with E-state index in [1.165, 1.54) is 11.0 Å². The number of nitrogens with zero attached hydrogens (tertiary/aromatic N) is 1. The normalized spacial score (nSPS) is 11.0. The highest BCUT2D eigenvalue weighted by Crippen LogP contribution is 2.29. The number of methoxy groups -OCH3 is 1. The number of fused-ring (bicyclic) bond motifs is 1. The molecule has 6 heteroatoms. The Morgan fingerprint density at radius 1 is 1.11 bits per heavy atom. The Bertz CT molecular complexity index is 1030. The van der Waals surface area contributed by atoms with Crippen LogP contribution in [-0.2, 0) is 4.79 Å². The van der Waals surface area contributed by atoms with Crippen molar-refractivity contribution in [2.24, 2.45) is 0 Å². The topological polar surface area (TPSA) is 69.0 Å². The molecule has 0 fully saturated rings. The van der Waals surface area contributed by atoms with E-state index in [0.717, 1.165) is 5.39 Å². The van der Waals surface area contributed by atoms with Crippen LogP contribution in [0.4, 0.5) is 0 Å². The molecule has 1 aromatic heterocycles. The lowest BCUT2D eigenvalue weighted by molar-refractivity contribution is -0.130. The Hall–Kier alpha value is -3.54. The van der Waals surface area contributed by atoms with Crippen molar-refractivity contribution in [2.75, 3.05) is 27.8 Å². The highest BCUT2D eigenvalue weighted by atomic mass is 16.5. The molecular weight excluding hydrogens is 358 g/mol. The zero-order valence-corrected chi connectivity index (χ0v) is 16.0. The first-order valence-corrected chi connectivity index (χ1v) is 8.70. The summed E-state index contributed by atoms with van der Waals surface area (Å²) in [5.41, 5.74) is 1.10. The summed E-state index contributed by atoms with van der Waals surface area (Å²) < 4.78 is 16.5. The molecule has 0 atom stereocenters. The van der Waals surface area contributed by atoms with Crippen LogP contribution >= 0.6 is 0 Å². The number of para-hydroxylation sites is 1. The third kappa shape index (κ3) is 4.40. The molecule has 1 heterocycles. The van der Waals surface area contributed by atoms with Crippen LogP contribution in [0.2, 0.25) is 0 Å². The molecule has 0 saturated heterocycles. The van der Waals surface area contributed by atoms with Crippen LogP contribution < -0.4 is 9.47 Å². The van der Waals surface area contributed by atoms with E-state index in [2.05, 4.69) is 0 Å². The van der Waals surface area contributed by atoms with Gasteiger partial charge in [0.1, 0.15) is 11.5 Å². The van der Waals surface area contributed by atoms with Gasteiger partial charge in [0.05, 0.1) is 7.11 Å². The fourth-order valence-corrected chi connectivity index (χ4v) is 2.57. The SMILES string of the molecule is COc1cccc2cc(/C=C/C(=O)c3cccc(OCC(=O)N(C)C)c3)oc12. The van der Waals surface area contributed by atoms with Crippen molar-refractivity contribution in [3.05, 3.63) is 65.9 Å². The Morgan fingerprint density at radius 3 is 2.64 bits per heavy atom. The summed E-state index contributed by atoms with van der Waals surface area (Å²) in [6.07, 6.45) is 3.05. The van der Waals surface area contributed by atoms with E-state index >= 15 is 0 Å². The molecule has 1 amide bonds. The molecule has 3 aromatic rings. The van der Waals surface area contributed by atoms with Crippen molar-refractivity contribution in [3.63, 3.8) is 0 Å². The molecule has 0 aliphatic rings. The number of ether oxygens (including phenoxy) is 2. The second kappa shape index (κ2) is 8.43. The van der Waals surface area contributed by atoms with Gasteiger partial charge in [0, 0.05) is 25.0 Å². The summed E-state index contributed by atoms with van der Waals surface area (Å²) in [6, 6.07) is 14.2. The maximum atomic E-state index is 12.5. The monoisotopic (exact) mass is 379 g/mol. The third-order valence-corrected chi connectivity index (χ3v) is 4.13. The van der Waals surface area contributed by atoms with Crippen molar-refractivity contribution in [1.29, 1.82) is 0 Å². The summed E-state index contributed by atoms with van der Waals surface area (Å²) >= 11 is 0. The number of hydrogen-bond acceptors (Lipinski definition) is 5. The summed E-state index contributed by atoms with van der Waals surface area (Å²) in [4.78, 5) is 25.5. The highest BCUT2D eigenvalue weighted by molar-refractivity contribution is 6.07. The van der Waals surface area contributed by atoms with E-state index in [4.69, 9.17) is 13.9 Å². The zero-order chi connectivity index (χ0) is 20.1. The predicted molar refractivity (Wildman–Crippen MR) is 107 cm³/mol. The maximum absolute atomic E-state index is 12.5. The van der Waals surface area contributed by atoms with E-state index in [9.17, 15) is 9.59 Å². The fourth-order valence-electron chi connectivity index (χ4n) is 2.57. The summed E-state index contributed by atoms with van der Waals surface area (Å²) in [5, 5.41) is 0.896. The number of amides is 1. The number of allylic oxidation sites excluding steroid dienone is 1. The number of rotatable bonds is 7. The van der Waals surface area contributed by atoms with E-state index in [0.29, 0.717) is 28.4 Å². The number of likely N-dealkylation sites (N-methyl/N-ethyl adjacent to an activating group) is 1. The van der Waals surface area contributed by atoms with Crippen molar-refractivity contribution in [1.82, 2.24) is 4.90 Å². The Kier molecular flexibility index (Phi) is 5.79. The molecule has 0 aliphatic heterocycles. The summed E-state index contributed by atoms with van der Waals surface area (Å²) in [7, 11) is 4.89. The van der Waals surface area contributed by atoms with Crippen molar-refractivity contribution >= 4 is 28.7 Å². The molecule has 2 aromatic carbocycles. The Labute approximate surface area is 163 Å². The lowest BCUT2D eigenvalue weighted by Gasteiger charge is -2.11. The molecule has 0 aliphatic carbocycles. The Morgan fingerprint density at radius 2 is 1.89 bits per heavy atom. The Balaban J connectivity index is 1.72. The van der Waals surface area contributed by atoms with Crippen molar-refractivity contribution < 1.29 is 23.5 Å². The minimum atomic E-state index is -0.197. The van der Waals surface area contributed by atoms with Crippen LogP contribution in [-0.4, -0.2) is 44.4 Å². The van der Waals surface area contributed by atoms with Crippen molar-refractivity contribution in [2.45, 2.75) is 0 Å². The molecule has 0 radical (unpaired) electrons. The molecule has 28 heavy (non-hydrogen) atoms. The average molecular weight is 379 g/mol. The fraction of sp³-hybridized carbons (Fsp3) is 0.182. The number of ketones is 1. The van der Waals surface area contributed by atoms with E-state index in [1.807, 2.05) is 24.3 Å². The van der Waals surface area contributed by atoms with Crippen molar-refractivity contribution in [3.8, 4) is 11.5 Å². The first kappa shape index (κ1) is 19.2. The minimum Gasteiger partial charge on any atom is -0.493 e. The average Bonchev–Trinajstić information content (AvgIpc) is 3.13. The van der Waals surface area contributed by atoms with Gasteiger partial charge in [0.2, 0.25) is 0 Å². The quantitative estimate of drug-likeness (QED) is 0.461. The molecule has 144 valence electrons. The van der Waals surface area contributed by atoms with Crippen LogP contribution in [0.5, 0.6) is 11.5 Å². The molecule has 6 nitrogen and oxygen atoms in total. The minimum absolute atomic E-state index is 0.0820. The van der Waals surface area contributed by atoms with E-state index < -0.39 is 0 Å². The summed E-state index contributed by atoms with van der Waals surface area (Å²) in [6.45, 7) is -0.0820. The molecule has 0 bridgehead atoms. The second-order valence-electron chi connectivity index (χ2n) is 6.33. The second-order valence-corrected chi connectivity index (χ2v) is 6.33. The lowest BCUT2D eigenvalue weighted by Crippen LogP contribution is -2.27. The van der Waals surface area contributed by atoms with Gasteiger partial charge in [0.15, 0.2) is 23.7 Å². The molecule has 0 unspecified atom stereocenters. The van der Waals surface area contributed by atoms with Gasteiger partial charge in [-0.15, -0.1) is 0 Å². The number of carbonyl (C=O) groups is 2. The van der Waals surface area contributed by atoms with Crippen LogP contribution in [0, 0.1) is 0 Å². The van der Waals surface area contributed by atoms with Gasteiger partial charge in [-0.2, -0.15) is 0 Å². The van der Waals surface area contributed by atoms with Gasteiger partial charge in [0.25, 0.3) is 5.91 Å². The van der Waals surface area contributed by atoms with Gasteiger partial charge in [-0.05, 0) is 36.4 Å². The molecule has 3 rings (SSSR count). The van der Waals surface area contributed by atoms with Crippen LogP contribution in [0.25, 0.3) is 17.0 Å². The van der Waals surface area contributed by atoms with E-state index in [1.54, 1.807) is 51.5 Å². The summed E-state index contributed by atoms with van der Waals surface area (Å²) in [5.74, 6) is 1.30. The molecule has 0 saturated carbocycles. The van der Waals surface area contributed by atoms with Gasteiger partial charge < -0.3 is 18.8 Å². The number of carbonyl (C=O) groups excluding carboxylic acids is 2. The smallest absolute Gasteiger partial charge is 0.259 e. The zero-order valence-electron chi connectivity index (χ0n) is 16.0. The van der Waals surface area contributed by atoms with Gasteiger partial charge >= 0.3 is 0 Å². The highest BCUT2D eigenvalue weighted by Gasteiger charge is 2.09. The van der Waals surface area contributed by atoms with Crippen LogP contribution in [0.3, 0.4) is 0 Å². The van der Waals surface area contributed by atoms with Gasteiger partial charge in [-0.1, -0.05) is 24.3 Å². The molecule has 0 spiro atoms. The standard InChI is InChI=1S/C22H21NO5/c1-23(2)21(25)14-27-17-8-4-6-15(12-17)19(24)11-10-18-13-16-7-5-9-20(26-3)22(16)28-18/h4-13H,14H2,1-3H3/b11-10+. The van der Waals surface area contributed by atoms with Crippen LogP contribution in [0.1, 0.15) is 16.1 Å². The largest absolute Gasteiger partial charge is 0.493 e. The number of benzene rings is 2. The number of hydrogen-bond donors (Lipinski definition) is 0. The first-order valence-electron chi connectivity index (χ1n) is 8.70. The first-order chi connectivity index (χ1) is 13.5. The van der Waals surface area contributed by atoms with Gasteiger partial charge in [-0.3, -0.25) is 9.59 Å². The van der Waals surface area contributed by atoms with Gasteiger partial charge in [-0.25, -0.2) is 0 Å². The van der Waals surface area contributed by atoms with E-state index in [-0.39, 0.29) is 18.3 Å². The predicted octanol–water partition coefficient (Wildman–Crippen LogP) is 3.80.